The fourth-order valence-electron chi connectivity index (χ4n) is 3.82. The molecule has 7 heteroatoms. The first-order chi connectivity index (χ1) is 11.1. The molecule has 1 aromatic heterocycles. The number of nitrogens with zero attached hydrogens (tertiary/aromatic N) is 4. The summed E-state index contributed by atoms with van der Waals surface area (Å²) in [4.78, 5) is 13.7. The molecule has 2 N–H and O–H groups in total. The summed E-state index contributed by atoms with van der Waals surface area (Å²) in [6.45, 7) is 9.35. The van der Waals surface area contributed by atoms with Crippen molar-refractivity contribution in [3.8, 4) is 0 Å². The van der Waals surface area contributed by atoms with Crippen LogP contribution in [0.2, 0.25) is 0 Å². The molecule has 1 aliphatic carbocycles. The van der Waals surface area contributed by atoms with Gasteiger partial charge in [0.2, 0.25) is 0 Å². The Hall–Kier alpha value is -0.570. The van der Waals surface area contributed by atoms with E-state index in [2.05, 4.69) is 28.6 Å². The second-order valence-electron chi connectivity index (χ2n) is 7.41. The highest BCUT2D eigenvalue weighted by Crippen LogP contribution is 2.46. The van der Waals surface area contributed by atoms with Gasteiger partial charge in [-0.25, -0.2) is 4.98 Å². The highest BCUT2D eigenvalue weighted by atomic mass is 127. The summed E-state index contributed by atoms with van der Waals surface area (Å²) in [5, 5.41) is 3.15. The Balaban J connectivity index is 0.00000208. The smallest absolute Gasteiger partial charge is 0.191 e. The van der Waals surface area contributed by atoms with Gasteiger partial charge in [0.05, 0.1) is 0 Å². The van der Waals surface area contributed by atoms with Crippen LogP contribution in [-0.2, 0) is 0 Å². The summed E-state index contributed by atoms with van der Waals surface area (Å²) >= 11 is 1.70. The molecule has 2 aliphatic rings. The van der Waals surface area contributed by atoms with Crippen molar-refractivity contribution in [2.75, 3.05) is 37.6 Å². The van der Waals surface area contributed by atoms with Crippen LogP contribution in [0.4, 0.5) is 5.13 Å². The highest BCUT2D eigenvalue weighted by Gasteiger charge is 2.37. The molecule has 0 amide bonds. The van der Waals surface area contributed by atoms with Gasteiger partial charge in [-0.2, -0.15) is 0 Å². The van der Waals surface area contributed by atoms with Gasteiger partial charge in [-0.3, -0.25) is 4.99 Å². The number of aromatic nitrogens is 1. The van der Waals surface area contributed by atoms with Crippen molar-refractivity contribution in [3.63, 3.8) is 0 Å². The zero-order chi connectivity index (χ0) is 16.3. The van der Waals surface area contributed by atoms with Crippen LogP contribution in [0.25, 0.3) is 0 Å². The van der Waals surface area contributed by atoms with E-state index in [4.69, 9.17) is 10.7 Å². The average molecular weight is 463 g/mol. The highest BCUT2D eigenvalue weighted by molar-refractivity contribution is 14.0. The molecule has 1 aromatic rings. The van der Waals surface area contributed by atoms with Crippen LogP contribution >= 0.6 is 35.3 Å². The van der Waals surface area contributed by atoms with Gasteiger partial charge >= 0.3 is 0 Å². The normalized spacial score (nSPS) is 20.7. The minimum Gasteiger partial charge on any atom is -0.370 e. The summed E-state index contributed by atoms with van der Waals surface area (Å²) in [7, 11) is 0. The standard InChI is InChI=1S/C17H29N5S.HI/c1-14(2)12-17(4-3-5-17)13-20-15(18)21-7-9-22(10-8-21)16-19-6-11-23-16;/h6,11,14H,3-5,7-10,12-13H2,1-2H3,(H2,18,20);1H. The number of rotatable bonds is 5. The third-order valence-corrected chi connectivity index (χ3v) is 5.96. The quantitative estimate of drug-likeness (QED) is 0.413. The van der Waals surface area contributed by atoms with Crippen LogP contribution in [0.3, 0.4) is 0 Å². The second kappa shape index (κ2) is 8.69. The Morgan fingerprint density at radius 2 is 2.04 bits per heavy atom. The summed E-state index contributed by atoms with van der Waals surface area (Å²) < 4.78 is 0. The molecule has 1 saturated carbocycles. The SMILES string of the molecule is CC(C)CC1(CN=C(N)N2CCN(c3nccs3)CC2)CCC1.I. The third kappa shape index (κ3) is 4.74. The van der Waals surface area contributed by atoms with Crippen molar-refractivity contribution in [1.29, 1.82) is 0 Å². The molecule has 0 unspecified atom stereocenters. The maximum atomic E-state index is 6.27. The fourth-order valence-corrected chi connectivity index (χ4v) is 4.51. The average Bonchev–Trinajstić information content (AvgIpc) is 3.03. The molecule has 1 aliphatic heterocycles. The Labute approximate surface area is 166 Å². The number of aliphatic imine (C=N–C) groups is 1. The van der Waals surface area contributed by atoms with Crippen molar-refractivity contribution in [2.45, 2.75) is 39.5 Å². The van der Waals surface area contributed by atoms with E-state index in [0.29, 0.717) is 5.41 Å². The molecule has 0 bridgehead atoms. The first kappa shape index (κ1) is 19.8. The molecule has 0 atom stereocenters. The van der Waals surface area contributed by atoms with E-state index in [1.54, 1.807) is 11.3 Å². The maximum absolute atomic E-state index is 6.27. The molecule has 1 saturated heterocycles. The molecule has 24 heavy (non-hydrogen) atoms. The zero-order valence-corrected chi connectivity index (χ0v) is 17.9. The fraction of sp³-hybridized carbons (Fsp3) is 0.765. The molecular weight excluding hydrogens is 433 g/mol. The third-order valence-electron chi connectivity index (χ3n) is 5.13. The van der Waals surface area contributed by atoms with Crippen LogP contribution in [0, 0.1) is 11.3 Å². The maximum Gasteiger partial charge on any atom is 0.191 e. The van der Waals surface area contributed by atoms with Crippen molar-refractivity contribution < 1.29 is 0 Å². The lowest BCUT2D eigenvalue weighted by molar-refractivity contribution is 0.111. The minimum atomic E-state index is 0. The van der Waals surface area contributed by atoms with Crippen molar-refractivity contribution in [2.24, 2.45) is 22.1 Å². The first-order valence-electron chi connectivity index (χ1n) is 8.77. The Morgan fingerprint density at radius 1 is 1.33 bits per heavy atom. The van der Waals surface area contributed by atoms with Crippen LogP contribution in [0.15, 0.2) is 16.6 Å². The number of anilines is 1. The number of piperazine rings is 1. The number of hydrogen-bond acceptors (Lipinski definition) is 4. The summed E-state index contributed by atoms with van der Waals surface area (Å²) in [6.07, 6.45) is 7.14. The van der Waals surface area contributed by atoms with E-state index in [-0.39, 0.29) is 24.0 Å². The molecule has 0 aromatic carbocycles. The molecular formula is C17H30IN5S. The van der Waals surface area contributed by atoms with Gasteiger partial charge in [-0.05, 0) is 30.6 Å². The lowest BCUT2D eigenvalue weighted by Gasteiger charge is -2.42. The lowest BCUT2D eigenvalue weighted by atomic mass is 9.64. The second-order valence-corrected chi connectivity index (χ2v) is 8.29. The van der Waals surface area contributed by atoms with Crippen LogP contribution in [0.5, 0.6) is 0 Å². The molecule has 2 heterocycles. The number of nitrogens with two attached hydrogens (primary N) is 1. The number of halogens is 1. The Bertz CT molecular complexity index is 519. The van der Waals surface area contributed by atoms with Gasteiger partial charge < -0.3 is 15.5 Å². The van der Waals surface area contributed by atoms with Crippen molar-refractivity contribution >= 4 is 46.4 Å². The molecule has 136 valence electrons. The predicted octanol–water partition coefficient (Wildman–Crippen LogP) is 3.41. The first-order valence-corrected chi connectivity index (χ1v) is 9.65. The van der Waals surface area contributed by atoms with Crippen LogP contribution < -0.4 is 10.6 Å². The van der Waals surface area contributed by atoms with Crippen molar-refractivity contribution in [3.05, 3.63) is 11.6 Å². The van der Waals surface area contributed by atoms with E-state index in [1.165, 1.54) is 25.7 Å². The van der Waals surface area contributed by atoms with E-state index < -0.39 is 0 Å². The monoisotopic (exact) mass is 463 g/mol. The largest absolute Gasteiger partial charge is 0.370 e. The molecule has 0 spiro atoms. The lowest BCUT2D eigenvalue weighted by Crippen LogP contribution is -2.51. The summed E-state index contributed by atoms with van der Waals surface area (Å²) in [5.41, 5.74) is 6.71. The summed E-state index contributed by atoms with van der Waals surface area (Å²) in [5.74, 6) is 1.48. The predicted molar refractivity (Wildman–Crippen MR) is 114 cm³/mol. The van der Waals surface area contributed by atoms with Gasteiger partial charge in [0.25, 0.3) is 0 Å². The van der Waals surface area contributed by atoms with Gasteiger partial charge in [0, 0.05) is 44.3 Å². The number of thiazole rings is 1. The van der Waals surface area contributed by atoms with Crippen LogP contribution in [-0.4, -0.2) is 48.6 Å². The van der Waals surface area contributed by atoms with Gasteiger partial charge in [-0.15, -0.1) is 35.3 Å². The Kier molecular flexibility index (Phi) is 7.15. The van der Waals surface area contributed by atoms with Gasteiger partial charge in [-0.1, -0.05) is 20.3 Å². The molecule has 5 nitrogen and oxygen atoms in total. The van der Waals surface area contributed by atoms with E-state index >= 15 is 0 Å². The van der Waals surface area contributed by atoms with Gasteiger partial charge in [0.15, 0.2) is 11.1 Å². The summed E-state index contributed by atoms with van der Waals surface area (Å²) in [6, 6.07) is 0. The van der Waals surface area contributed by atoms with E-state index in [1.807, 2.05) is 11.6 Å². The molecule has 3 rings (SSSR count). The zero-order valence-electron chi connectivity index (χ0n) is 14.8. The van der Waals surface area contributed by atoms with E-state index in [0.717, 1.165) is 49.7 Å². The van der Waals surface area contributed by atoms with Crippen LogP contribution in [0.1, 0.15) is 39.5 Å². The van der Waals surface area contributed by atoms with Gasteiger partial charge in [0.1, 0.15) is 0 Å². The molecule has 0 radical (unpaired) electrons. The van der Waals surface area contributed by atoms with E-state index in [9.17, 15) is 0 Å². The minimum absolute atomic E-state index is 0. The molecule has 2 fully saturated rings. The number of guanidine groups is 1. The topological polar surface area (TPSA) is 57.8 Å². The number of hydrogen-bond donors (Lipinski definition) is 1. The Morgan fingerprint density at radius 3 is 2.54 bits per heavy atom. The van der Waals surface area contributed by atoms with Crippen molar-refractivity contribution in [1.82, 2.24) is 9.88 Å².